The number of ether oxygens (including phenoxy) is 1. The molecule has 1 amide bonds. The highest BCUT2D eigenvalue weighted by Crippen LogP contribution is 2.50. The maximum Gasteiger partial charge on any atom is 0.256 e. The first-order valence-corrected chi connectivity index (χ1v) is 9.67. The molecule has 1 saturated carbocycles. The molecule has 0 N–H and O–H groups in total. The molecule has 1 spiro atoms. The molecular weight excluding hydrogens is 330 g/mol. The van der Waals surface area contributed by atoms with Crippen LogP contribution in [0.25, 0.3) is 0 Å². The maximum absolute atomic E-state index is 13.3. The van der Waals surface area contributed by atoms with Gasteiger partial charge >= 0.3 is 0 Å². The van der Waals surface area contributed by atoms with Gasteiger partial charge in [0.15, 0.2) is 0 Å². The minimum atomic E-state index is -0.520. The minimum absolute atomic E-state index is 0.210. The van der Waals surface area contributed by atoms with Crippen molar-refractivity contribution >= 4 is 11.7 Å². The van der Waals surface area contributed by atoms with E-state index in [0.29, 0.717) is 25.0 Å². The highest BCUT2D eigenvalue weighted by atomic mass is 16.5. The molecule has 1 aromatic heterocycles. The Morgan fingerprint density at radius 3 is 2.92 bits per heavy atom. The van der Waals surface area contributed by atoms with Crippen molar-refractivity contribution in [2.24, 2.45) is 23.9 Å². The van der Waals surface area contributed by atoms with Gasteiger partial charge in [0.1, 0.15) is 11.4 Å². The summed E-state index contributed by atoms with van der Waals surface area (Å²) in [5.41, 5.74) is 0.715. The number of aromatic nitrogens is 2. The van der Waals surface area contributed by atoms with Crippen LogP contribution in [0.1, 0.15) is 31.7 Å². The van der Waals surface area contributed by atoms with Gasteiger partial charge in [0, 0.05) is 57.9 Å². The number of amides is 1. The van der Waals surface area contributed by atoms with Crippen LogP contribution in [-0.4, -0.2) is 70.2 Å². The average molecular weight is 359 g/mol. The summed E-state index contributed by atoms with van der Waals surface area (Å²) in [5, 5.41) is 4.27. The van der Waals surface area contributed by atoms with E-state index in [0.717, 1.165) is 44.7 Å². The van der Waals surface area contributed by atoms with Gasteiger partial charge in [-0.05, 0) is 18.8 Å². The van der Waals surface area contributed by atoms with Gasteiger partial charge in [0.25, 0.3) is 5.91 Å². The number of aryl methyl sites for hydroxylation is 1. The SMILES string of the molecule is CCC1=N[C@@]2(CC[C@@H]3CN(Cc4cnn(C)c4)C[C@@H]32)C(=O)N1CCOC. The predicted molar refractivity (Wildman–Crippen MR) is 98.7 cm³/mol. The number of carbonyl (C=O) groups is 1. The van der Waals surface area contributed by atoms with E-state index >= 15 is 0 Å². The number of methoxy groups -OCH3 is 1. The summed E-state index contributed by atoms with van der Waals surface area (Å²) < 4.78 is 7.05. The molecule has 3 aliphatic rings. The summed E-state index contributed by atoms with van der Waals surface area (Å²) in [6, 6.07) is 0. The van der Waals surface area contributed by atoms with E-state index in [1.54, 1.807) is 7.11 Å². The van der Waals surface area contributed by atoms with Gasteiger partial charge in [-0.3, -0.25) is 24.3 Å². The third kappa shape index (κ3) is 2.77. The minimum Gasteiger partial charge on any atom is -0.383 e. The van der Waals surface area contributed by atoms with Crippen molar-refractivity contribution in [3.63, 3.8) is 0 Å². The number of nitrogens with zero attached hydrogens (tertiary/aromatic N) is 5. The summed E-state index contributed by atoms with van der Waals surface area (Å²) in [4.78, 5) is 22.7. The Labute approximate surface area is 155 Å². The standard InChI is InChI=1S/C19H29N5O2/c1-4-17-21-19(18(25)24(17)7-8-26-3)6-5-15-12-23(13-16(15)19)11-14-9-20-22(2)10-14/h9-10,15-16H,4-8,11-13H2,1-3H3/t15-,16+,19-/m1/s1. The molecule has 7 nitrogen and oxygen atoms in total. The molecule has 4 rings (SSSR count). The van der Waals surface area contributed by atoms with Gasteiger partial charge in [0.2, 0.25) is 0 Å². The maximum atomic E-state index is 13.3. The molecule has 0 radical (unpaired) electrons. The van der Waals surface area contributed by atoms with Crippen molar-refractivity contribution in [3.05, 3.63) is 18.0 Å². The Morgan fingerprint density at radius 1 is 1.38 bits per heavy atom. The number of hydrogen-bond acceptors (Lipinski definition) is 5. The lowest BCUT2D eigenvalue weighted by atomic mass is 9.85. The van der Waals surface area contributed by atoms with E-state index in [1.165, 1.54) is 5.56 Å². The van der Waals surface area contributed by atoms with E-state index in [1.807, 2.05) is 22.8 Å². The van der Waals surface area contributed by atoms with Crippen LogP contribution in [0.3, 0.4) is 0 Å². The topological polar surface area (TPSA) is 63.0 Å². The number of aliphatic imine (C=N–C) groups is 1. The fraction of sp³-hybridized carbons (Fsp3) is 0.737. The first-order valence-electron chi connectivity index (χ1n) is 9.67. The molecule has 2 aliphatic heterocycles. The van der Waals surface area contributed by atoms with Gasteiger partial charge in [-0.1, -0.05) is 6.92 Å². The van der Waals surface area contributed by atoms with Crippen molar-refractivity contribution in [2.45, 2.75) is 38.3 Å². The quantitative estimate of drug-likeness (QED) is 0.768. The van der Waals surface area contributed by atoms with Crippen LogP contribution in [0, 0.1) is 11.8 Å². The molecule has 3 atom stereocenters. The summed E-state index contributed by atoms with van der Waals surface area (Å²) in [6.07, 6.45) is 6.80. The molecule has 26 heavy (non-hydrogen) atoms. The van der Waals surface area contributed by atoms with E-state index in [2.05, 4.69) is 23.1 Å². The van der Waals surface area contributed by atoms with Crippen LogP contribution in [-0.2, 0) is 23.1 Å². The van der Waals surface area contributed by atoms with Crippen molar-refractivity contribution < 1.29 is 9.53 Å². The van der Waals surface area contributed by atoms with Crippen LogP contribution in [0.2, 0.25) is 0 Å². The molecule has 0 unspecified atom stereocenters. The largest absolute Gasteiger partial charge is 0.383 e. The average Bonchev–Trinajstić information content (AvgIpc) is 3.35. The van der Waals surface area contributed by atoms with Crippen LogP contribution in [0.5, 0.6) is 0 Å². The lowest BCUT2D eigenvalue weighted by Crippen LogP contribution is -2.47. The first kappa shape index (κ1) is 17.7. The number of amidine groups is 1. The molecule has 142 valence electrons. The van der Waals surface area contributed by atoms with Crippen LogP contribution >= 0.6 is 0 Å². The zero-order valence-electron chi connectivity index (χ0n) is 16.0. The highest BCUT2D eigenvalue weighted by molar-refractivity contribution is 6.08. The number of fused-ring (bicyclic) bond motifs is 2. The summed E-state index contributed by atoms with van der Waals surface area (Å²) in [7, 11) is 3.63. The molecule has 1 saturated heterocycles. The summed E-state index contributed by atoms with van der Waals surface area (Å²) in [6.45, 7) is 6.17. The van der Waals surface area contributed by atoms with Crippen molar-refractivity contribution in [3.8, 4) is 0 Å². The number of likely N-dealkylation sites (tertiary alicyclic amines) is 1. The smallest absolute Gasteiger partial charge is 0.256 e. The fourth-order valence-corrected chi connectivity index (χ4v) is 5.10. The molecule has 2 fully saturated rings. The van der Waals surface area contributed by atoms with Crippen LogP contribution in [0.15, 0.2) is 17.4 Å². The molecule has 0 aromatic carbocycles. The number of carbonyl (C=O) groups excluding carboxylic acids is 1. The monoisotopic (exact) mass is 359 g/mol. The summed E-state index contributed by atoms with van der Waals surface area (Å²) in [5.74, 6) is 2.06. The Balaban J connectivity index is 1.51. The third-order valence-corrected chi connectivity index (χ3v) is 6.28. The van der Waals surface area contributed by atoms with Gasteiger partial charge in [-0.2, -0.15) is 5.10 Å². The van der Waals surface area contributed by atoms with Gasteiger partial charge in [0.05, 0.1) is 19.3 Å². The summed E-state index contributed by atoms with van der Waals surface area (Å²) >= 11 is 0. The second kappa shape index (κ2) is 6.78. The van der Waals surface area contributed by atoms with Crippen LogP contribution < -0.4 is 0 Å². The van der Waals surface area contributed by atoms with Gasteiger partial charge < -0.3 is 4.74 Å². The highest BCUT2D eigenvalue weighted by Gasteiger charge is 2.60. The molecule has 1 aromatic rings. The van der Waals surface area contributed by atoms with E-state index < -0.39 is 5.54 Å². The first-order chi connectivity index (χ1) is 12.6. The van der Waals surface area contributed by atoms with Crippen molar-refractivity contribution in [1.29, 1.82) is 0 Å². The fourth-order valence-electron chi connectivity index (χ4n) is 5.10. The normalized spacial score (nSPS) is 31.3. The van der Waals surface area contributed by atoms with E-state index in [4.69, 9.17) is 9.73 Å². The molecule has 3 heterocycles. The lowest BCUT2D eigenvalue weighted by molar-refractivity contribution is -0.132. The van der Waals surface area contributed by atoms with Crippen molar-refractivity contribution in [2.75, 3.05) is 33.4 Å². The van der Waals surface area contributed by atoms with E-state index in [-0.39, 0.29) is 5.91 Å². The Kier molecular flexibility index (Phi) is 4.61. The third-order valence-electron chi connectivity index (χ3n) is 6.28. The number of rotatable bonds is 6. The Hall–Kier alpha value is -1.73. The second-order valence-corrected chi connectivity index (χ2v) is 7.88. The predicted octanol–water partition coefficient (Wildman–Crippen LogP) is 1.30. The molecular formula is C19H29N5O2. The van der Waals surface area contributed by atoms with E-state index in [9.17, 15) is 4.79 Å². The molecule has 1 aliphatic carbocycles. The van der Waals surface area contributed by atoms with Crippen molar-refractivity contribution in [1.82, 2.24) is 19.6 Å². The molecule has 0 bridgehead atoms. The zero-order valence-corrected chi connectivity index (χ0v) is 16.0. The lowest BCUT2D eigenvalue weighted by Gasteiger charge is -2.28. The van der Waals surface area contributed by atoms with Gasteiger partial charge in [-0.25, -0.2) is 0 Å². The zero-order chi connectivity index (χ0) is 18.3. The Morgan fingerprint density at radius 2 is 2.23 bits per heavy atom. The number of hydrogen-bond donors (Lipinski definition) is 0. The molecule has 7 heteroatoms. The van der Waals surface area contributed by atoms with Crippen LogP contribution in [0.4, 0.5) is 0 Å². The van der Waals surface area contributed by atoms with Gasteiger partial charge in [-0.15, -0.1) is 0 Å². The second-order valence-electron chi connectivity index (χ2n) is 7.88. The Bertz CT molecular complexity index is 715.